The molecule has 2 amide bonds. The normalized spacial score (nSPS) is 12.3. The van der Waals surface area contributed by atoms with Crippen LogP contribution in [-0.2, 0) is 11.8 Å². The van der Waals surface area contributed by atoms with Gasteiger partial charge in [0, 0.05) is 36.3 Å². The van der Waals surface area contributed by atoms with Crippen molar-refractivity contribution in [3.05, 3.63) is 83.9 Å². The molecule has 0 aliphatic heterocycles. The summed E-state index contributed by atoms with van der Waals surface area (Å²) in [5.41, 5.74) is 4.53. The molecule has 5 aromatic rings. The van der Waals surface area contributed by atoms with E-state index >= 15 is 0 Å². The van der Waals surface area contributed by atoms with Crippen molar-refractivity contribution in [2.24, 2.45) is 13.0 Å². The van der Waals surface area contributed by atoms with Crippen molar-refractivity contribution in [1.82, 2.24) is 24.5 Å². The number of carbonyl (C=O) groups excluding carboxylic acids is 2. The van der Waals surface area contributed by atoms with E-state index in [1.807, 2.05) is 48.9 Å². The Morgan fingerprint density at radius 1 is 1.00 bits per heavy atom. The van der Waals surface area contributed by atoms with Crippen LogP contribution in [0.3, 0.4) is 0 Å². The lowest BCUT2D eigenvalue weighted by Gasteiger charge is -2.14. The summed E-state index contributed by atoms with van der Waals surface area (Å²) in [6.07, 6.45) is 3.58. The number of nitrogens with one attached hydrogen (secondary N) is 2. The highest BCUT2D eigenvalue weighted by atomic mass is 19.1. The Morgan fingerprint density at radius 3 is 2.54 bits per heavy atom. The van der Waals surface area contributed by atoms with E-state index in [2.05, 4.69) is 20.7 Å². The quantitative estimate of drug-likeness (QED) is 0.340. The van der Waals surface area contributed by atoms with Crippen molar-refractivity contribution in [1.29, 1.82) is 0 Å². The first-order valence-corrected chi connectivity index (χ1v) is 12.0. The van der Waals surface area contributed by atoms with Crippen LogP contribution in [0, 0.1) is 11.7 Å². The minimum absolute atomic E-state index is 0.150. The van der Waals surface area contributed by atoms with Gasteiger partial charge in [-0.15, -0.1) is 5.10 Å². The maximum atomic E-state index is 13.6. The zero-order chi connectivity index (χ0) is 26.3. The number of halogens is 1. The molecule has 3 heterocycles. The van der Waals surface area contributed by atoms with Crippen molar-refractivity contribution in [2.45, 2.75) is 26.8 Å². The number of hydrogen-bond donors (Lipinski definition) is 2. The molecule has 0 aliphatic carbocycles. The van der Waals surface area contributed by atoms with E-state index < -0.39 is 0 Å². The molecule has 188 valence electrons. The number of anilines is 1. The van der Waals surface area contributed by atoms with Crippen LogP contribution >= 0.6 is 0 Å². The molecule has 9 heteroatoms. The number of nitrogens with zero attached hydrogens (tertiary/aromatic N) is 4. The molecule has 0 aliphatic rings. The zero-order valence-electron chi connectivity index (χ0n) is 21.0. The SMILES string of the molecule is CC(C)C(=O)Nc1nc2cc(-c3ccc4c(c3)c(C(=O)N[C@@H](C)c3cccc(F)c3)cn4C)ccn2n1. The third-order valence-electron chi connectivity index (χ3n) is 6.36. The van der Waals surface area contributed by atoms with Crippen molar-refractivity contribution in [3.63, 3.8) is 0 Å². The summed E-state index contributed by atoms with van der Waals surface area (Å²) >= 11 is 0. The second kappa shape index (κ2) is 9.50. The topological polar surface area (TPSA) is 93.3 Å². The lowest BCUT2D eigenvalue weighted by molar-refractivity contribution is -0.118. The molecule has 0 bridgehead atoms. The summed E-state index contributed by atoms with van der Waals surface area (Å²) in [6.45, 7) is 5.44. The number of benzene rings is 2. The van der Waals surface area contributed by atoms with Gasteiger partial charge in [-0.05, 0) is 60.0 Å². The Kier molecular flexibility index (Phi) is 6.20. The molecule has 37 heavy (non-hydrogen) atoms. The highest BCUT2D eigenvalue weighted by Crippen LogP contribution is 2.29. The smallest absolute Gasteiger partial charge is 0.253 e. The van der Waals surface area contributed by atoms with E-state index in [1.54, 1.807) is 42.9 Å². The number of fused-ring (bicyclic) bond motifs is 2. The number of pyridine rings is 1. The predicted molar refractivity (Wildman–Crippen MR) is 141 cm³/mol. The minimum atomic E-state index is -0.359. The third-order valence-corrected chi connectivity index (χ3v) is 6.36. The maximum absolute atomic E-state index is 13.6. The molecule has 5 rings (SSSR count). The van der Waals surface area contributed by atoms with Crippen molar-refractivity contribution >= 4 is 34.3 Å². The number of aromatic nitrogens is 4. The summed E-state index contributed by atoms with van der Waals surface area (Å²) in [6, 6.07) is 15.6. The lowest BCUT2D eigenvalue weighted by Crippen LogP contribution is -2.26. The van der Waals surface area contributed by atoms with Gasteiger partial charge in [0.1, 0.15) is 5.82 Å². The Bertz CT molecular complexity index is 1650. The number of carbonyl (C=O) groups is 2. The van der Waals surface area contributed by atoms with Gasteiger partial charge in [-0.2, -0.15) is 4.98 Å². The molecular formula is C28H27FN6O2. The third kappa shape index (κ3) is 4.80. The van der Waals surface area contributed by atoms with E-state index in [0.29, 0.717) is 16.8 Å². The van der Waals surface area contributed by atoms with Crippen LogP contribution in [0.1, 0.15) is 42.7 Å². The van der Waals surface area contributed by atoms with E-state index in [9.17, 15) is 14.0 Å². The second-order valence-electron chi connectivity index (χ2n) is 9.43. The fourth-order valence-corrected chi connectivity index (χ4v) is 4.25. The molecule has 2 aromatic carbocycles. The summed E-state index contributed by atoms with van der Waals surface area (Å²) in [5, 5.41) is 10.8. The minimum Gasteiger partial charge on any atom is -0.350 e. The Labute approximate surface area is 213 Å². The van der Waals surface area contributed by atoms with E-state index in [-0.39, 0.29) is 35.5 Å². The molecule has 0 radical (unpaired) electrons. The maximum Gasteiger partial charge on any atom is 0.253 e. The predicted octanol–water partition coefficient (Wildman–Crippen LogP) is 5.11. The van der Waals surface area contributed by atoms with Gasteiger partial charge in [0.2, 0.25) is 11.9 Å². The molecule has 8 nitrogen and oxygen atoms in total. The van der Waals surface area contributed by atoms with Crippen LogP contribution in [0.15, 0.2) is 67.0 Å². The van der Waals surface area contributed by atoms with Gasteiger partial charge in [-0.3, -0.25) is 14.9 Å². The van der Waals surface area contributed by atoms with Crippen LogP contribution in [-0.4, -0.2) is 31.0 Å². The number of rotatable bonds is 6. The fraction of sp³-hybridized carbons (Fsp3) is 0.214. The molecule has 0 saturated heterocycles. The molecule has 0 unspecified atom stereocenters. The van der Waals surface area contributed by atoms with Crippen molar-refractivity contribution in [3.8, 4) is 11.1 Å². The molecule has 2 N–H and O–H groups in total. The molecule has 0 fully saturated rings. The first-order chi connectivity index (χ1) is 17.7. The second-order valence-corrected chi connectivity index (χ2v) is 9.43. The van der Waals surface area contributed by atoms with Gasteiger partial charge in [-0.1, -0.05) is 32.0 Å². The summed E-state index contributed by atoms with van der Waals surface area (Å²) in [5.74, 6) is -0.655. The zero-order valence-corrected chi connectivity index (χ0v) is 21.0. The first kappa shape index (κ1) is 24.2. The fourth-order valence-electron chi connectivity index (χ4n) is 4.25. The van der Waals surface area contributed by atoms with Gasteiger partial charge in [0.05, 0.1) is 11.6 Å². The molecule has 0 spiro atoms. The van der Waals surface area contributed by atoms with Gasteiger partial charge in [0.25, 0.3) is 5.91 Å². The van der Waals surface area contributed by atoms with Crippen LogP contribution in [0.4, 0.5) is 10.3 Å². The summed E-state index contributed by atoms with van der Waals surface area (Å²) in [4.78, 5) is 29.7. The summed E-state index contributed by atoms with van der Waals surface area (Å²) < 4.78 is 17.2. The summed E-state index contributed by atoms with van der Waals surface area (Å²) in [7, 11) is 1.89. The number of hydrogen-bond acceptors (Lipinski definition) is 4. The van der Waals surface area contributed by atoms with Gasteiger partial charge in [0.15, 0.2) is 5.65 Å². The van der Waals surface area contributed by atoms with Gasteiger partial charge >= 0.3 is 0 Å². The Morgan fingerprint density at radius 2 is 1.78 bits per heavy atom. The average molecular weight is 499 g/mol. The van der Waals surface area contributed by atoms with Crippen molar-refractivity contribution < 1.29 is 14.0 Å². The van der Waals surface area contributed by atoms with Crippen LogP contribution < -0.4 is 10.6 Å². The van der Waals surface area contributed by atoms with Crippen molar-refractivity contribution in [2.75, 3.05) is 5.32 Å². The van der Waals surface area contributed by atoms with Crippen LogP contribution in [0.25, 0.3) is 27.7 Å². The Balaban J connectivity index is 1.45. The number of aryl methyl sites for hydroxylation is 1. The number of amides is 2. The standard InChI is InChI=1S/C28H27FN6O2/c1-16(2)26(36)32-28-31-25-14-20(10-11-35(25)33-28)19-8-9-24-22(13-19)23(15-34(24)4)27(37)30-17(3)18-6-5-7-21(29)12-18/h5-17H,1-4H3,(H,30,37)(H,32,33,36)/t17-/m0/s1. The van der Waals surface area contributed by atoms with Crippen LogP contribution in [0.5, 0.6) is 0 Å². The lowest BCUT2D eigenvalue weighted by atomic mass is 10.0. The van der Waals surface area contributed by atoms with Gasteiger partial charge < -0.3 is 9.88 Å². The van der Waals surface area contributed by atoms with E-state index in [1.165, 1.54) is 12.1 Å². The van der Waals surface area contributed by atoms with E-state index in [4.69, 9.17) is 0 Å². The van der Waals surface area contributed by atoms with E-state index in [0.717, 1.165) is 22.0 Å². The highest BCUT2D eigenvalue weighted by molar-refractivity contribution is 6.08. The Hall–Kier alpha value is -4.53. The average Bonchev–Trinajstić information content (AvgIpc) is 3.43. The molecular weight excluding hydrogens is 471 g/mol. The molecule has 3 aromatic heterocycles. The first-order valence-electron chi connectivity index (χ1n) is 12.0. The molecule has 1 atom stereocenters. The monoisotopic (exact) mass is 498 g/mol. The van der Waals surface area contributed by atoms with Crippen LogP contribution in [0.2, 0.25) is 0 Å². The largest absolute Gasteiger partial charge is 0.350 e. The van der Waals surface area contributed by atoms with Gasteiger partial charge in [-0.25, -0.2) is 8.91 Å². The molecule has 0 saturated carbocycles. The highest BCUT2D eigenvalue weighted by Gasteiger charge is 2.18.